The predicted octanol–water partition coefficient (Wildman–Crippen LogP) is 5.49. The van der Waals surface area contributed by atoms with Crippen LogP contribution in [0.15, 0.2) is 60.7 Å². The Morgan fingerprint density at radius 1 is 0.923 bits per heavy atom. The third-order valence-electron chi connectivity index (χ3n) is 4.44. The highest BCUT2D eigenvalue weighted by Gasteiger charge is 2.09. The molecule has 0 bridgehead atoms. The maximum absolute atomic E-state index is 12.3. The largest absolute Gasteiger partial charge is 0.355 e. The van der Waals surface area contributed by atoms with E-state index in [0.717, 1.165) is 27.5 Å². The van der Waals surface area contributed by atoms with E-state index in [4.69, 9.17) is 23.2 Å². The molecule has 1 amide bonds. The summed E-state index contributed by atoms with van der Waals surface area (Å²) in [6.07, 6.45) is 0.309. The van der Waals surface area contributed by atoms with Crippen LogP contribution in [-0.2, 0) is 17.8 Å². The van der Waals surface area contributed by atoms with Gasteiger partial charge in [0.2, 0.25) is 5.91 Å². The van der Waals surface area contributed by atoms with Gasteiger partial charge in [-0.15, -0.1) is 0 Å². The fourth-order valence-corrected chi connectivity index (χ4v) is 3.53. The fourth-order valence-electron chi connectivity index (χ4n) is 3.14. The lowest BCUT2D eigenvalue weighted by atomic mass is 10.1. The van der Waals surface area contributed by atoms with Gasteiger partial charge in [-0.25, -0.2) is 0 Å². The average Bonchev–Trinajstić information content (AvgIpc) is 3.00. The van der Waals surface area contributed by atoms with Crippen LogP contribution in [0.4, 0.5) is 0 Å². The predicted molar refractivity (Wildman–Crippen MR) is 108 cm³/mol. The monoisotopic (exact) mass is 382 g/mol. The lowest BCUT2D eigenvalue weighted by molar-refractivity contribution is -0.120. The molecule has 4 aromatic rings. The number of fused-ring (bicyclic) bond motifs is 3. The van der Waals surface area contributed by atoms with E-state index < -0.39 is 0 Å². The van der Waals surface area contributed by atoms with E-state index in [2.05, 4.69) is 28.5 Å². The Labute approximate surface area is 160 Å². The van der Waals surface area contributed by atoms with E-state index in [1.54, 1.807) is 6.07 Å². The first-order valence-corrected chi connectivity index (χ1v) is 9.06. The minimum absolute atomic E-state index is 0.0588. The van der Waals surface area contributed by atoms with Crippen molar-refractivity contribution in [2.45, 2.75) is 13.0 Å². The first-order chi connectivity index (χ1) is 12.6. The molecule has 0 aliphatic heterocycles. The summed E-state index contributed by atoms with van der Waals surface area (Å²) in [5.74, 6) is -0.0588. The summed E-state index contributed by atoms with van der Waals surface area (Å²) in [4.78, 5) is 15.7. The van der Waals surface area contributed by atoms with Crippen molar-refractivity contribution in [1.82, 2.24) is 10.3 Å². The number of carbonyl (C=O) groups excluding carboxylic acids is 1. The van der Waals surface area contributed by atoms with Gasteiger partial charge in [0.15, 0.2) is 0 Å². The number of para-hydroxylation sites is 1. The number of aromatic amines is 1. The standard InChI is InChI=1S/C21H16Cl2N2O/c22-17-6-3-4-14(21(17)23)12-24-20(26)11-13-8-9-16-15-5-1-2-7-18(15)25-19(16)10-13/h1-10,25H,11-12H2,(H,24,26). The molecule has 0 aliphatic carbocycles. The van der Waals surface area contributed by atoms with Gasteiger partial charge in [0.05, 0.1) is 16.5 Å². The normalized spacial score (nSPS) is 11.2. The molecule has 0 saturated carbocycles. The van der Waals surface area contributed by atoms with E-state index in [0.29, 0.717) is 23.0 Å². The number of aromatic nitrogens is 1. The third kappa shape index (κ3) is 3.28. The summed E-state index contributed by atoms with van der Waals surface area (Å²) in [6, 6.07) is 19.7. The van der Waals surface area contributed by atoms with Crippen LogP contribution < -0.4 is 5.32 Å². The van der Waals surface area contributed by atoms with Crippen molar-refractivity contribution in [1.29, 1.82) is 0 Å². The quantitative estimate of drug-likeness (QED) is 0.481. The van der Waals surface area contributed by atoms with Crippen molar-refractivity contribution in [3.63, 3.8) is 0 Å². The van der Waals surface area contributed by atoms with Gasteiger partial charge in [0, 0.05) is 28.4 Å². The van der Waals surface area contributed by atoms with Gasteiger partial charge in [-0.3, -0.25) is 4.79 Å². The van der Waals surface area contributed by atoms with Crippen molar-refractivity contribution in [2.24, 2.45) is 0 Å². The number of H-pyrrole nitrogens is 1. The Bertz CT molecular complexity index is 1120. The Morgan fingerprint density at radius 3 is 2.62 bits per heavy atom. The first-order valence-electron chi connectivity index (χ1n) is 8.31. The number of benzene rings is 3. The zero-order valence-electron chi connectivity index (χ0n) is 13.9. The highest BCUT2D eigenvalue weighted by molar-refractivity contribution is 6.42. The second-order valence-corrected chi connectivity index (χ2v) is 7.00. The van der Waals surface area contributed by atoms with Crippen LogP contribution in [-0.4, -0.2) is 10.9 Å². The summed E-state index contributed by atoms with van der Waals surface area (Å²) in [5.41, 5.74) is 3.89. The molecular weight excluding hydrogens is 367 g/mol. The molecule has 3 aromatic carbocycles. The second kappa shape index (κ2) is 7.02. The smallest absolute Gasteiger partial charge is 0.224 e. The number of hydrogen-bond donors (Lipinski definition) is 2. The maximum Gasteiger partial charge on any atom is 0.224 e. The fraction of sp³-hybridized carbons (Fsp3) is 0.0952. The molecule has 130 valence electrons. The molecule has 0 spiro atoms. The molecule has 26 heavy (non-hydrogen) atoms. The number of amides is 1. The second-order valence-electron chi connectivity index (χ2n) is 6.22. The average molecular weight is 383 g/mol. The third-order valence-corrected chi connectivity index (χ3v) is 5.30. The van der Waals surface area contributed by atoms with Crippen molar-refractivity contribution in [2.75, 3.05) is 0 Å². The van der Waals surface area contributed by atoms with Crippen LogP contribution in [0, 0.1) is 0 Å². The molecule has 2 N–H and O–H groups in total. The molecule has 0 unspecified atom stereocenters. The Morgan fingerprint density at radius 2 is 1.73 bits per heavy atom. The zero-order valence-corrected chi connectivity index (χ0v) is 15.4. The number of rotatable bonds is 4. The van der Waals surface area contributed by atoms with Gasteiger partial charge in [-0.2, -0.15) is 0 Å². The minimum atomic E-state index is -0.0588. The Kier molecular flexibility index (Phi) is 4.58. The van der Waals surface area contributed by atoms with Gasteiger partial charge in [0.1, 0.15) is 0 Å². The minimum Gasteiger partial charge on any atom is -0.355 e. The van der Waals surface area contributed by atoms with Crippen molar-refractivity contribution in [3.05, 3.63) is 81.8 Å². The maximum atomic E-state index is 12.3. The summed E-state index contributed by atoms with van der Waals surface area (Å²) < 4.78 is 0. The first kappa shape index (κ1) is 17.0. The number of carbonyl (C=O) groups is 1. The van der Waals surface area contributed by atoms with Crippen molar-refractivity contribution >= 4 is 50.9 Å². The molecule has 5 heteroatoms. The topological polar surface area (TPSA) is 44.9 Å². The summed E-state index contributed by atoms with van der Waals surface area (Å²) in [7, 11) is 0. The van der Waals surface area contributed by atoms with Gasteiger partial charge in [-0.1, -0.05) is 65.7 Å². The summed E-state index contributed by atoms with van der Waals surface area (Å²) in [6.45, 7) is 0.354. The van der Waals surface area contributed by atoms with Crippen molar-refractivity contribution in [3.8, 4) is 0 Å². The molecule has 0 atom stereocenters. The lowest BCUT2D eigenvalue weighted by Gasteiger charge is -2.08. The van der Waals surface area contributed by atoms with Gasteiger partial charge in [0.25, 0.3) is 0 Å². The van der Waals surface area contributed by atoms with E-state index in [1.807, 2.05) is 36.4 Å². The number of hydrogen-bond acceptors (Lipinski definition) is 1. The van der Waals surface area contributed by atoms with Gasteiger partial charge >= 0.3 is 0 Å². The molecule has 0 radical (unpaired) electrons. The molecule has 0 saturated heterocycles. The summed E-state index contributed by atoms with van der Waals surface area (Å²) in [5, 5.41) is 6.22. The van der Waals surface area contributed by atoms with Crippen LogP contribution in [0.3, 0.4) is 0 Å². The van der Waals surface area contributed by atoms with E-state index in [9.17, 15) is 4.79 Å². The van der Waals surface area contributed by atoms with E-state index in [1.165, 1.54) is 5.39 Å². The van der Waals surface area contributed by atoms with Crippen LogP contribution in [0.25, 0.3) is 21.8 Å². The molecular formula is C21H16Cl2N2O. The molecule has 3 nitrogen and oxygen atoms in total. The molecule has 0 aliphatic rings. The highest BCUT2D eigenvalue weighted by atomic mass is 35.5. The molecule has 0 fully saturated rings. The molecule has 4 rings (SSSR count). The zero-order chi connectivity index (χ0) is 18.1. The van der Waals surface area contributed by atoms with Crippen molar-refractivity contribution < 1.29 is 4.79 Å². The Balaban J connectivity index is 1.48. The lowest BCUT2D eigenvalue weighted by Crippen LogP contribution is -2.24. The van der Waals surface area contributed by atoms with Crippen LogP contribution >= 0.6 is 23.2 Å². The molecule has 1 heterocycles. The summed E-state index contributed by atoms with van der Waals surface area (Å²) >= 11 is 12.2. The SMILES string of the molecule is O=C(Cc1ccc2c(c1)[nH]c1ccccc12)NCc1cccc(Cl)c1Cl. The van der Waals surface area contributed by atoms with Crippen LogP contribution in [0.5, 0.6) is 0 Å². The number of halogens is 2. The van der Waals surface area contributed by atoms with Gasteiger partial charge in [-0.05, 0) is 29.3 Å². The number of nitrogens with one attached hydrogen (secondary N) is 2. The molecule has 1 aromatic heterocycles. The van der Waals surface area contributed by atoms with E-state index >= 15 is 0 Å². The van der Waals surface area contributed by atoms with Gasteiger partial charge < -0.3 is 10.3 Å². The van der Waals surface area contributed by atoms with Crippen LogP contribution in [0.1, 0.15) is 11.1 Å². The van der Waals surface area contributed by atoms with E-state index in [-0.39, 0.29) is 5.91 Å². The van der Waals surface area contributed by atoms with Crippen LogP contribution in [0.2, 0.25) is 10.0 Å². The Hall–Kier alpha value is -2.49. The highest BCUT2D eigenvalue weighted by Crippen LogP contribution is 2.26.